The minimum absolute atomic E-state index is 0.313. The van der Waals surface area contributed by atoms with E-state index in [0.717, 1.165) is 17.9 Å². The molecule has 1 saturated carbocycles. The molecule has 1 aliphatic carbocycles. The SMILES string of the molecule is CC(C)NCc1cc(F)cnc1OCCC1CCC1. The normalized spacial score (nSPS) is 15.6. The van der Waals surface area contributed by atoms with E-state index in [9.17, 15) is 4.39 Å². The van der Waals surface area contributed by atoms with Crippen molar-refractivity contribution in [3.8, 4) is 5.88 Å². The first kappa shape index (κ1) is 14.3. The second-order valence-corrected chi connectivity index (χ2v) is 5.59. The van der Waals surface area contributed by atoms with Gasteiger partial charge in [-0.05, 0) is 18.4 Å². The van der Waals surface area contributed by atoms with Crippen LogP contribution >= 0.6 is 0 Å². The minimum atomic E-state index is -0.313. The molecule has 1 N–H and O–H groups in total. The third kappa shape index (κ3) is 4.46. The first-order valence-electron chi connectivity index (χ1n) is 7.15. The molecule has 1 aromatic rings. The van der Waals surface area contributed by atoms with Crippen LogP contribution in [0, 0.1) is 11.7 Å². The fraction of sp³-hybridized carbons (Fsp3) is 0.667. The Bertz CT molecular complexity index is 405. The molecule has 0 aromatic carbocycles. The Kier molecular flexibility index (Phi) is 5.14. The standard InChI is InChI=1S/C15H23FN2O/c1-11(2)17-9-13-8-14(16)10-18-15(13)19-7-6-12-4-3-5-12/h8,10-12,17H,3-7,9H2,1-2H3. The molecule has 0 bridgehead atoms. The van der Waals surface area contributed by atoms with Gasteiger partial charge in [-0.25, -0.2) is 9.37 Å². The van der Waals surface area contributed by atoms with Crippen molar-refractivity contribution in [2.45, 2.75) is 52.1 Å². The highest BCUT2D eigenvalue weighted by molar-refractivity contribution is 5.26. The number of aromatic nitrogens is 1. The minimum Gasteiger partial charge on any atom is -0.477 e. The van der Waals surface area contributed by atoms with Gasteiger partial charge in [0.2, 0.25) is 5.88 Å². The number of nitrogens with zero attached hydrogens (tertiary/aromatic N) is 1. The van der Waals surface area contributed by atoms with Crippen LogP contribution in [0.5, 0.6) is 5.88 Å². The summed E-state index contributed by atoms with van der Waals surface area (Å²) in [7, 11) is 0. The lowest BCUT2D eigenvalue weighted by Crippen LogP contribution is -2.22. The molecule has 0 amide bonds. The van der Waals surface area contributed by atoms with Crippen LogP contribution in [0.15, 0.2) is 12.3 Å². The molecule has 0 radical (unpaired) electrons. The van der Waals surface area contributed by atoms with Crippen LogP contribution in [0.3, 0.4) is 0 Å². The first-order chi connectivity index (χ1) is 9.15. The third-order valence-corrected chi connectivity index (χ3v) is 3.58. The Labute approximate surface area is 114 Å². The molecule has 1 aromatic heterocycles. The predicted octanol–water partition coefficient (Wildman–Crippen LogP) is 3.29. The van der Waals surface area contributed by atoms with Crippen LogP contribution in [-0.2, 0) is 6.54 Å². The summed E-state index contributed by atoms with van der Waals surface area (Å²) in [5.74, 6) is 1.07. The van der Waals surface area contributed by atoms with Gasteiger partial charge in [-0.2, -0.15) is 0 Å². The predicted molar refractivity (Wildman–Crippen MR) is 73.6 cm³/mol. The van der Waals surface area contributed by atoms with Gasteiger partial charge in [0.05, 0.1) is 12.8 Å². The molecule has 1 heterocycles. The highest BCUT2D eigenvalue weighted by Gasteiger charge is 2.17. The van der Waals surface area contributed by atoms with E-state index in [1.807, 2.05) is 0 Å². The number of pyridine rings is 1. The van der Waals surface area contributed by atoms with Crippen LogP contribution in [-0.4, -0.2) is 17.6 Å². The van der Waals surface area contributed by atoms with Crippen molar-refractivity contribution < 1.29 is 9.13 Å². The van der Waals surface area contributed by atoms with Crippen LogP contribution in [0.1, 0.15) is 45.1 Å². The summed E-state index contributed by atoms with van der Waals surface area (Å²) in [6, 6.07) is 1.85. The quantitative estimate of drug-likeness (QED) is 0.822. The Morgan fingerprint density at radius 3 is 2.89 bits per heavy atom. The van der Waals surface area contributed by atoms with Gasteiger partial charge in [0.1, 0.15) is 5.82 Å². The summed E-state index contributed by atoms with van der Waals surface area (Å²) in [5.41, 5.74) is 0.794. The van der Waals surface area contributed by atoms with Crippen molar-refractivity contribution in [3.05, 3.63) is 23.6 Å². The fourth-order valence-corrected chi connectivity index (χ4v) is 2.14. The smallest absolute Gasteiger partial charge is 0.218 e. The maximum Gasteiger partial charge on any atom is 0.218 e. The van der Waals surface area contributed by atoms with Gasteiger partial charge in [-0.15, -0.1) is 0 Å². The van der Waals surface area contributed by atoms with E-state index in [1.165, 1.54) is 31.5 Å². The van der Waals surface area contributed by atoms with E-state index in [0.29, 0.717) is 25.1 Å². The lowest BCUT2D eigenvalue weighted by molar-refractivity contribution is 0.215. The monoisotopic (exact) mass is 266 g/mol. The van der Waals surface area contributed by atoms with Crippen molar-refractivity contribution in [3.63, 3.8) is 0 Å². The van der Waals surface area contributed by atoms with Crippen molar-refractivity contribution in [1.82, 2.24) is 10.3 Å². The number of halogens is 1. The number of nitrogens with one attached hydrogen (secondary N) is 1. The van der Waals surface area contributed by atoms with Crippen LogP contribution < -0.4 is 10.1 Å². The fourth-order valence-electron chi connectivity index (χ4n) is 2.14. The number of rotatable bonds is 7. The molecule has 0 aliphatic heterocycles. The average Bonchev–Trinajstić information content (AvgIpc) is 2.31. The average molecular weight is 266 g/mol. The lowest BCUT2D eigenvalue weighted by Gasteiger charge is -2.25. The molecular formula is C15H23FN2O. The zero-order valence-corrected chi connectivity index (χ0v) is 11.8. The van der Waals surface area contributed by atoms with Gasteiger partial charge in [-0.3, -0.25) is 0 Å². The van der Waals surface area contributed by atoms with Crippen LogP contribution in [0.2, 0.25) is 0 Å². The zero-order chi connectivity index (χ0) is 13.7. The summed E-state index contributed by atoms with van der Waals surface area (Å²) >= 11 is 0. The van der Waals surface area contributed by atoms with E-state index < -0.39 is 0 Å². The van der Waals surface area contributed by atoms with E-state index in [-0.39, 0.29) is 5.82 Å². The second kappa shape index (κ2) is 6.85. The molecule has 106 valence electrons. The summed E-state index contributed by atoms with van der Waals surface area (Å²) < 4.78 is 19.0. The molecule has 1 fully saturated rings. The molecule has 2 rings (SSSR count). The van der Waals surface area contributed by atoms with Crippen LogP contribution in [0.25, 0.3) is 0 Å². The maximum atomic E-state index is 13.2. The largest absolute Gasteiger partial charge is 0.477 e. The van der Waals surface area contributed by atoms with Gasteiger partial charge in [0.25, 0.3) is 0 Å². The summed E-state index contributed by atoms with van der Waals surface area (Å²) in [6.07, 6.45) is 6.29. The Morgan fingerprint density at radius 2 is 2.26 bits per heavy atom. The van der Waals surface area contributed by atoms with Crippen molar-refractivity contribution in [1.29, 1.82) is 0 Å². The van der Waals surface area contributed by atoms with E-state index in [2.05, 4.69) is 24.1 Å². The van der Waals surface area contributed by atoms with Gasteiger partial charge >= 0.3 is 0 Å². The number of hydrogen-bond acceptors (Lipinski definition) is 3. The summed E-state index contributed by atoms with van der Waals surface area (Å²) in [4.78, 5) is 4.06. The van der Waals surface area contributed by atoms with Gasteiger partial charge in [0, 0.05) is 18.2 Å². The van der Waals surface area contributed by atoms with Crippen molar-refractivity contribution in [2.75, 3.05) is 6.61 Å². The van der Waals surface area contributed by atoms with E-state index in [4.69, 9.17) is 4.74 Å². The molecule has 0 spiro atoms. The Hall–Kier alpha value is -1.16. The topological polar surface area (TPSA) is 34.2 Å². The Balaban J connectivity index is 1.89. The van der Waals surface area contributed by atoms with Gasteiger partial charge < -0.3 is 10.1 Å². The number of hydrogen-bond donors (Lipinski definition) is 1. The van der Waals surface area contributed by atoms with Gasteiger partial charge in [0.15, 0.2) is 0 Å². The Morgan fingerprint density at radius 1 is 1.47 bits per heavy atom. The number of ether oxygens (including phenoxy) is 1. The van der Waals surface area contributed by atoms with Crippen LogP contribution in [0.4, 0.5) is 4.39 Å². The molecule has 1 aliphatic rings. The molecule has 0 atom stereocenters. The molecule has 4 heteroatoms. The first-order valence-corrected chi connectivity index (χ1v) is 7.15. The molecular weight excluding hydrogens is 243 g/mol. The molecule has 0 unspecified atom stereocenters. The highest BCUT2D eigenvalue weighted by Crippen LogP contribution is 2.29. The van der Waals surface area contributed by atoms with Crippen molar-refractivity contribution >= 4 is 0 Å². The molecule has 19 heavy (non-hydrogen) atoms. The van der Waals surface area contributed by atoms with Gasteiger partial charge in [-0.1, -0.05) is 33.1 Å². The third-order valence-electron chi connectivity index (χ3n) is 3.58. The van der Waals surface area contributed by atoms with Crippen molar-refractivity contribution in [2.24, 2.45) is 5.92 Å². The molecule has 3 nitrogen and oxygen atoms in total. The summed E-state index contributed by atoms with van der Waals surface area (Å²) in [6.45, 7) is 5.38. The zero-order valence-electron chi connectivity index (χ0n) is 11.8. The lowest BCUT2D eigenvalue weighted by atomic mass is 9.83. The van der Waals surface area contributed by atoms with E-state index in [1.54, 1.807) is 0 Å². The highest BCUT2D eigenvalue weighted by atomic mass is 19.1. The van der Waals surface area contributed by atoms with E-state index >= 15 is 0 Å². The second-order valence-electron chi connectivity index (χ2n) is 5.59. The molecule has 0 saturated heterocycles. The maximum absolute atomic E-state index is 13.2. The summed E-state index contributed by atoms with van der Waals surface area (Å²) in [5, 5.41) is 3.26.